The molecule has 40 heavy (non-hydrogen) atoms. The molecule has 2 amide bonds. The molecule has 4 rings (SSSR count). The molecule has 2 heterocycles. The third kappa shape index (κ3) is 5.50. The van der Waals surface area contributed by atoms with E-state index in [2.05, 4.69) is 5.32 Å². The van der Waals surface area contributed by atoms with Crippen LogP contribution >= 0.6 is 0 Å². The van der Waals surface area contributed by atoms with Crippen molar-refractivity contribution < 1.29 is 22.8 Å². The maximum absolute atomic E-state index is 13.8. The van der Waals surface area contributed by atoms with E-state index in [-0.39, 0.29) is 35.0 Å². The number of nitrogens with zero attached hydrogens (tertiary/aromatic N) is 3. The molecule has 0 radical (unpaired) electrons. The number of hydrogen-bond acceptors (Lipinski definition) is 6. The lowest BCUT2D eigenvalue weighted by Crippen LogP contribution is -2.46. The smallest absolute Gasteiger partial charge is 0.265 e. The number of primary amides is 1. The van der Waals surface area contributed by atoms with Gasteiger partial charge in [0.1, 0.15) is 11.8 Å². The number of Topliss-reactive ketones (excluding diaryl/α,β-unsaturated/α-hetero) is 1. The predicted octanol–water partition coefficient (Wildman–Crippen LogP) is 2.82. The van der Waals surface area contributed by atoms with Gasteiger partial charge in [-0.1, -0.05) is 44.2 Å². The zero-order valence-electron chi connectivity index (χ0n) is 22.8. The lowest BCUT2D eigenvalue weighted by molar-refractivity contribution is -0.128. The van der Waals surface area contributed by atoms with Gasteiger partial charge in [0.05, 0.1) is 29.0 Å². The van der Waals surface area contributed by atoms with Gasteiger partial charge in [0, 0.05) is 30.1 Å². The molecule has 0 bridgehead atoms. The zero-order chi connectivity index (χ0) is 29.2. The Morgan fingerprint density at radius 3 is 2.50 bits per heavy atom. The van der Waals surface area contributed by atoms with E-state index >= 15 is 0 Å². The molecule has 0 saturated carbocycles. The normalized spacial score (nSPS) is 17.4. The number of aryl methyl sites for hydroxylation is 1. The number of fused-ring (bicyclic) bond motifs is 1. The first-order chi connectivity index (χ1) is 19.0. The molecule has 1 saturated heterocycles. The van der Waals surface area contributed by atoms with Crippen LogP contribution in [0.3, 0.4) is 0 Å². The molecule has 0 spiro atoms. The Bertz CT molecular complexity index is 1620. The average Bonchev–Trinajstić information content (AvgIpc) is 3.08. The largest absolute Gasteiger partial charge is 0.364 e. The van der Waals surface area contributed by atoms with E-state index in [1.165, 1.54) is 18.2 Å². The molecule has 1 fully saturated rings. The second-order valence-corrected chi connectivity index (χ2v) is 12.4. The van der Waals surface area contributed by atoms with Gasteiger partial charge in [0.25, 0.3) is 5.91 Å². The van der Waals surface area contributed by atoms with Crippen molar-refractivity contribution in [3.8, 4) is 6.07 Å². The van der Waals surface area contributed by atoms with Crippen LogP contribution in [0.4, 0.5) is 0 Å². The fraction of sp³-hybridized carbons (Fsp3) is 0.379. The first-order valence-corrected chi connectivity index (χ1v) is 14.6. The fourth-order valence-corrected chi connectivity index (χ4v) is 7.04. The molecule has 0 aliphatic carbocycles. The monoisotopic (exact) mass is 563 g/mol. The van der Waals surface area contributed by atoms with Gasteiger partial charge in [-0.2, -0.15) is 9.57 Å². The Hall–Kier alpha value is -4.01. The highest BCUT2D eigenvalue weighted by Gasteiger charge is 2.36. The molecule has 2 atom stereocenters. The third-order valence-corrected chi connectivity index (χ3v) is 9.22. The van der Waals surface area contributed by atoms with Crippen LogP contribution in [0.15, 0.2) is 53.4 Å². The van der Waals surface area contributed by atoms with E-state index in [4.69, 9.17) is 5.73 Å². The first kappa shape index (κ1) is 29.0. The standard InChI is InChI=1S/C29H33N5O5S/c1-18(2)15-21(26-20-10-5-6-12-23(20)33(3)27(26)28(31)36)29(37)32-22-11-8-14-34(17-24(22)35)40(38,39)25-13-7-4-9-19(25)16-30/h4-7,9-10,12-13,18,21-22H,8,11,14-15,17H2,1-3H3,(H2,31,36)(H,32,37)/t21-,22+/m0/s1. The summed E-state index contributed by atoms with van der Waals surface area (Å²) in [7, 11) is -2.37. The third-order valence-electron chi connectivity index (χ3n) is 7.31. The fourth-order valence-electron chi connectivity index (χ4n) is 5.45. The van der Waals surface area contributed by atoms with Crippen molar-refractivity contribution >= 4 is 38.5 Å². The van der Waals surface area contributed by atoms with Crippen LogP contribution in [-0.4, -0.2) is 54.0 Å². The van der Waals surface area contributed by atoms with Gasteiger partial charge in [-0.3, -0.25) is 14.4 Å². The summed E-state index contributed by atoms with van der Waals surface area (Å²) in [6.07, 6.45) is 0.996. The predicted molar refractivity (Wildman–Crippen MR) is 150 cm³/mol. The number of nitrogens with two attached hydrogens (primary N) is 1. The van der Waals surface area contributed by atoms with Gasteiger partial charge in [0.15, 0.2) is 5.78 Å². The lowest BCUT2D eigenvalue weighted by Gasteiger charge is -2.23. The summed E-state index contributed by atoms with van der Waals surface area (Å²) in [5, 5.41) is 13.0. The Labute approximate surface area is 233 Å². The molecule has 2 aromatic carbocycles. The molecule has 1 aromatic heterocycles. The van der Waals surface area contributed by atoms with Crippen molar-refractivity contribution in [1.29, 1.82) is 5.26 Å². The van der Waals surface area contributed by atoms with Gasteiger partial charge >= 0.3 is 0 Å². The number of rotatable bonds is 8. The van der Waals surface area contributed by atoms with E-state index in [9.17, 15) is 28.1 Å². The quantitative estimate of drug-likeness (QED) is 0.429. The molecule has 11 heteroatoms. The average molecular weight is 564 g/mol. The van der Waals surface area contributed by atoms with E-state index in [1.807, 2.05) is 44.2 Å². The van der Waals surface area contributed by atoms with Crippen LogP contribution in [0, 0.1) is 17.2 Å². The summed E-state index contributed by atoms with van der Waals surface area (Å²) in [5.74, 6) is -2.19. The first-order valence-electron chi connectivity index (χ1n) is 13.2. The van der Waals surface area contributed by atoms with E-state index < -0.39 is 46.1 Å². The van der Waals surface area contributed by atoms with Crippen LogP contribution in [0.2, 0.25) is 0 Å². The van der Waals surface area contributed by atoms with Gasteiger partial charge in [-0.25, -0.2) is 8.42 Å². The minimum atomic E-state index is -4.10. The van der Waals surface area contributed by atoms with Gasteiger partial charge in [-0.15, -0.1) is 0 Å². The summed E-state index contributed by atoms with van der Waals surface area (Å²) in [6, 6.07) is 14.2. The summed E-state index contributed by atoms with van der Waals surface area (Å²) in [5.41, 5.74) is 7.30. The molecule has 1 aliphatic heterocycles. The Morgan fingerprint density at radius 2 is 1.82 bits per heavy atom. The number of benzene rings is 2. The topological polar surface area (TPSA) is 155 Å². The Kier molecular flexibility index (Phi) is 8.42. The number of carbonyl (C=O) groups is 3. The molecular formula is C29H33N5O5S. The lowest BCUT2D eigenvalue weighted by atomic mass is 9.87. The number of amides is 2. The number of nitrogens with one attached hydrogen (secondary N) is 1. The van der Waals surface area contributed by atoms with Crippen molar-refractivity contribution in [3.63, 3.8) is 0 Å². The van der Waals surface area contributed by atoms with Crippen LogP contribution in [0.25, 0.3) is 10.9 Å². The van der Waals surface area contributed by atoms with E-state index in [1.54, 1.807) is 17.7 Å². The van der Waals surface area contributed by atoms with Crippen LogP contribution in [-0.2, 0) is 26.7 Å². The number of sulfonamides is 1. The van der Waals surface area contributed by atoms with Gasteiger partial charge in [-0.05, 0) is 43.4 Å². The highest BCUT2D eigenvalue weighted by molar-refractivity contribution is 7.89. The van der Waals surface area contributed by atoms with E-state index in [0.29, 0.717) is 18.4 Å². The van der Waals surface area contributed by atoms with Gasteiger partial charge < -0.3 is 15.6 Å². The van der Waals surface area contributed by atoms with Crippen molar-refractivity contribution in [1.82, 2.24) is 14.2 Å². The molecule has 1 aliphatic rings. The maximum Gasteiger partial charge on any atom is 0.265 e. The zero-order valence-corrected chi connectivity index (χ0v) is 23.6. The minimum absolute atomic E-state index is 0.000851. The molecule has 10 nitrogen and oxygen atoms in total. The van der Waals surface area contributed by atoms with E-state index in [0.717, 1.165) is 15.2 Å². The van der Waals surface area contributed by atoms with Crippen LogP contribution in [0.1, 0.15) is 60.6 Å². The van der Waals surface area contributed by atoms with Crippen LogP contribution < -0.4 is 11.1 Å². The Morgan fingerprint density at radius 1 is 1.15 bits per heavy atom. The molecule has 0 unspecified atom stereocenters. The number of aromatic nitrogens is 1. The van der Waals surface area contributed by atoms with Crippen molar-refractivity contribution in [2.24, 2.45) is 18.7 Å². The molecule has 210 valence electrons. The second-order valence-electron chi connectivity index (χ2n) is 10.5. The number of carbonyl (C=O) groups excluding carboxylic acids is 3. The Balaban J connectivity index is 1.63. The summed E-state index contributed by atoms with van der Waals surface area (Å²) < 4.78 is 29.4. The minimum Gasteiger partial charge on any atom is -0.364 e. The highest BCUT2D eigenvalue weighted by Crippen LogP contribution is 2.35. The number of hydrogen-bond donors (Lipinski definition) is 2. The van der Waals surface area contributed by atoms with Crippen molar-refractivity contribution in [2.75, 3.05) is 13.1 Å². The van der Waals surface area contributed by atoms with Crippen molar-refractivity contribution in [3.05, 3.63) is 65.4 Å². The second kappa shape index (κ2) is 11.6. The molecule has 3 N–H and O–H groups in total. The summed E-state index contributed by atoms with van der Waals surface area (Å²) in [4.78, 5) is 39.5. The number of nitriles is 1. The molecular weight excluding hydrogens is 530 g/mol. The van der Waals surface area contributed by atoms with Crippen molar-refractivity contribution in [2.45, 2.75) is 50.0 Å². The maximum atomic E-state index is 13.8. The number of ketones is 1. The summed E-state index contributed by atoms with van der Waals surface area (Å²) in [6.45, 7) is 3.58. The SMILES string of the molecule is CC(C)C[C@H](C(=O)N[C@@H]1CCCN(S(=O)(=O)c2ccccc2C#N)CC1=O)c1c(C(N)=O)n(C)c2ccccc12. The van der Waals surface area contributed by atoms with Crippen LogP contribution in [0.5, 0.6) is 0 Å². The number of para-hydroxylation sites is 1. The van der Waals surface area contributed by atoms with Gasteiger partial charge in [0.2, 0.25) is 15.9 Å². The molecule has 3 aromatic rings. The highest BCUT2D eigenvalue weighted by atomic mass is 32.2. The summed E-state index contributed by atoms with van der Waals surface area (Å²) >= 11 is 0.